The third-order valence-corrected chi connectivity index (χ3v) is 2.65. The van der Waals surface area contributed by atoms with Crippen LogP contribution in [0.3, 0.4) is 0 Å². The number of aliphatic hydroxyl groups excluding tert-OH is 4. The summed E-state index contributed by atoms with van der Waals surface area (Å²) in [4.78, 5) is 10.8. The maximum atomic E-state index is 13.6. The van der Waals surface area contributed by atoms with E-state index < -0.39 is 49.5 Å². The quantitative estimate of drug-likeness (QED) is 0.439. The Kier molecular flexibility index (Phi) is 5.42. The first-order valence-corrected chi connectivity index (χ1v) is 5.50. The normalized spacial score (nSPS) is 38.2. The van der Waals surface area contributed by atoms with E-state index in [4.69, 9.17) is 9.84 Å². The molecule has 0 bridgehead atoms. The molecule has 0 radical (unpaired) electrons. The number of carbonyl (C=O) groups excluding carboxylic acids is 1. The number of alkyl halides is 1. The Labute approximate surface area is 103 Å². The van der Waals surface area contributed by atoms with Crippen LogP contribution in [0.1, 0.15) is 13.3 Å². The van der Waals surface area contributed by atoms with Crippen LogP contribution in [-0.4, -0.2) is 69.9 Å². The van der Waals surface area contributed by atoms with Gasteiger partial charge in [0.1, 0.15) is 30.6 Å². The van der Waals surface area contributed by atoms with Crippen molar-refractivity contribution in [2.45, 2.75) is 50.2 Å². The van der Waals surface area contributed by atoms with Crippen LogP contribution in [0.25, 0.3) is 0 Å². The van der Waals surface area contributed by atoms with E-state index in [2.05, 4.69) is 4.74 Å². The van der Waals surface area contributed by atoms with Crippen LogP contribution in [0.15, 0.2) is 0 Å². The molecule has 7 nitrogen and oxygen atoms in total. The van der Waals surface area contributed by atoms with E-state index in [1.807, 2.05) is 0 Å². The lowest BCUT2D eigenvalue weighted by molar-refractivity contribution is -0.297. The fourth-order valence-electron chi connectivity index (χ4n) is 1.72. The molecule has 1 heterocycles. The smallest absolute Gasteiger partial charge is 0.305 e. The fraction of sp³-hybridized carbons (Fsp3) is 0.900. The number of hydrogen-bond acceptors (Lipinski definition) is 7. The molecule has 1 aliphatic rings. The number of halogens is 1. The van der Waals surface area contributed by atoms with E-state index in [1.165, 1.54) is 0 Å². The van der Waals surface area contributed by atoms with Crippen molar-refractivity contribution in [1.82, 2.24) is 0 Å². The molecule has 106 valence electrons. The Morgan fingerprint density at radius 2 is 1.94 bits per heavy atom. The first-order valence-electron chi connectivity index (χ1n) is 5.50. The largest absolute Gasteiger partial charge is 0.433 e. The summed E-state index contributed by atoms with van der Waals surface area (Å²) < 4.78 is 23.1. The lowest BCUT2D eigenvalue weighted by Gasteiger charge is -2.40. The molecule has 4 N–H and O–H groups in total. The Morgan fingerprint density at radius 1 is 1.33 bits per heavy atom. The Bertz CT molecular complexity index is 287. The van der Waals surface area contributed by atoms with Crippen molar-refractivity contribution in [2.24, 2.45) is 0 Å². The van der Waals surface area contributed by atoms with Crippen LogP contribution in [0.4, 0.5) is 4.39 Å². The first kappa shape index (κ1) is 15.3. The standard InChI is InChI=1S/C10H17FO7/c1-4(13)17-10-8(16)6(14)7(15)9(18-10)5(11)2-3-12/h5-10,12,14-16H,2-3H2,1H3/t5-,6-,7-,8?,9?,10+/m0/s1. The van der Waals surface area contributed by atoms with Crippen molar-refractivity contribution in [1.29, 1.82) is 0 Å². The molecule has 6 atom stereocenters. The first-order chi connectivity index (χ1) is 8.38. The number of carbonyl (C=O) groups is 1. The Morgan fingerprint density at radius 3 is 2.44 bits per heavy atom. The molecule has 18 heavy (non-hydrogen) atoms. The van der Waals surface area contributed by atoms with Gasteiger partial charge in [-0.05, 0) is 0 Å². The van der Waals surface area contributed by atoms with Crippen LogP contribution < -0.4 is 0 Å². The third kappa shape index (κ3) is 3.36. The summed E-state index contributed by atoms with van der Waals surface area (Å²) in [5.41, 5.74) is 0. The van der Waals surface area contributed by atoms with Crippen molar-refractivity contribution in [2.75, 3.05) is 6.61 Å². The van der Waals surface area contributed by atoms with Gasteiger partial charge in [0.05, 0.1) is 0 Å². The maximum Gasteiger partial charge on any atom is 0.305 e. The second-order valence-corrected chi connectivity index (χ2v) is 4.08. The zero-order chi connectivity index (χ0) is 13.9. The summed E-state index contributed by atoms with van der Waals surface area (Å²) in [5, 5.41) is 37.2. The molecule has 8 heteroatoms. The number of esters is 1. The highest BCUT2D eigenvalue weighted by atomic mass is 19.1. The minimum Gasteiger partial charge on any atom is -0.433 e. The van der Waals surface area contributed by atoms with Crippen molar-refractivity contribution < 1.29 is 39.1 Å². The number of rotatable bonds is 4. The molecule has 0 aromatic rings. The van der Waals surface area contributed by atoms with Crippen molar-refractivity contribution in [3.8, 4) is 0 Å². The summed E-state index contributed by atoms with van der Waals surface area (Å²) >= 11 is 0. The van der Waals surface area contributed by atoms with Crippen LogP contribution >= 0.6 is 0 Å². The maximum absolute atomic E-state index is 13.6. The van der Waals surface area contributed by atoms with E-state index in [1.54, 1.807) is 0 Å². The second-order valence-electron chi connectivity index (χ2n) is 4.08. The van der Waals surface area contributed by atoms with Crippen LogP contribution in [0.2, 0.25) is 0 Å². The van der Waals surface area contributed by atoms with Gasteiger partial charge in [0.2, 0.25) is 6.29 Å². The topological polar surface area (TPSA) is 116 Å². The highest BCUT2D eigenvalue weighted by Crippen LogP contribution is 2.26. The molecular formula is C10H17FO7. The fourth-order valence-corrected chi connectivity index (χ4v) is 1.72. The molecular weight excluding hydrogens is 251 g/mol. The minimum atomic E-state index is -1.76. The molecule has 0 amide bonds. The van der Waals surface area contributed by atoms with Gasteiger partial charge in [-0.1, -0.05) is 0 Å². The average Bonchev–Trinajstić information content (AvgIpc) is 2.29. The number of hydrogen-bond donors (Lipinski definition) is 4. The van der Waals surface area contributed by atoms with Gasteiger partial charge in [0.25, 0.3) is 0 Å². The molecule has 0 spiro atoms. The highest BCUT2D eigenvalue weighted by molar-refractivity contribution is 5.66. The Hall–Kier alpha value is -0.800. The van der Waals surface area contributed by atoms with Gasteiger partial charge >= 0.3 is 5.97 Å². The van der Waals surface area contributed by atoms with E-state index in [0.717, 1.165) is 6.92 Å². The van der Waals surface area contributed by atoms with Gasteiger partial charge in [0, 0.05) is 20.0 Å². The molecule has 0 aliphatic carbocycles. The van der Waals surface area contributed by atoms with Crippen LogP contribution in [-0.2, 0) is 14.3 Å². The average molecular weight is 268 g/mol. The summed E-state index contributed by atoms with van der Waals surface area (Å²) in [5.74, 6) is -0.779. The second kappa shape index (κ2) is 6.39. The van der Waals surface area contributed by atoms with Gasteiger partial charge in [-0.25, -0.2) is 4.39 Å². The third-order valence-electron chi connectivity index (χ3n) is 2.65. The molecule has 1 rings (SSSR count). The molecule has 0 aromatic heterocycles. The monoisotopic (exact) mass is 268 g/mol. The van der Waals surface area contributed by atoms with Crippen molar-refractivity contribution in [3.63, 3.8) is 0 Å². The molecule has 1 saturated heterocycles. The lowest BCUT2D eigenvalue weighted by Crippen LogP contribution is -2.60. The predicted molar refractivity (Wildman–Crippen MR) is 55.0 cm³/mol. The van der Waals surface area contributed by atoms with E-state index in [9.17, 15) is 24.5 Å². The summed E-state index contributed by atoms with van der Waals surface area (Å²) in [6, 6.07) is 0. The minimum absolute atomic E-state index is 0.308. The van der Waals surface area contributed by atoms with Crippen molar-refractivity contribution in [3.05, 3.63) is 0 Å². The summed E-state index contributed by atoms with van der Waals surface area (Å²) in [6.45, 7) is 0.591. The summed E-state index contributed by atoms with van der Waals surface area (Å²) in [6.07, 6.45) is -10.1. The van der Waals surface area contributed by atoms with Gasteiger partial charge in [-0.3, -0.25) is 4.79 Å². The van der Waals surface area contributed by atoms with E-state index in [0.29, 0.717) is 0 Å². The van der Waals surface area contributed by atoms with Gasteiger partial charge in [-0.15, -0.1) is 0 Å². The molecule has 1 aliphatic heterocycles. The SMILES string of the molecule is CC(=O)O[C@@H]1OC([C@@H](F)CCO)[C@@H](O)[C@H](O)C1O. The lowest BCUT2D eigenvalue weighted by atomic mass is 9.95. The van der Waals surface area contributed by atoms with Gasteiger partial charge < -0.3 is 29.9 Å². The number of ether oxygens (including phenoxy) is 2. The predicted octanol–water partition coefficient (Wildman–Crippen LogP) is -1.92. The van der Waals surface area contributed by atoms with Crippen LogP contribution in [0.5, 0.6) is 0 Å². The zero-order valence-corrected chi connectivity index (χ0v) is 9.77. The molecule has 2 unspecified atom stereocenters. The zero-order valence-electron chi connectivity index (χ0n) is 9.77. The van der Waals surface area contributed by atoms with Crippen molar-refractivity contribution >= 4 is 5.97 Å². The number of aliphatic hydroxyl groups is 4. The van der Waals surface area contributed by atoms with Crippen LogP contribution in [0, 0.1) is 0 Å². The van der Waals surface area contributed by atoms with E-state index >= 15 is 0 Å². The molecule has 0 saturated carbocycles. The highest BCUT2D eigenvalue weighted by Gasteiger charge is 2.48. The molecule has 1 fully saturated rings. The summed E-state index contributed by atoms with van der Waals surface area (Å²) in [7, 11) is 0. The van der Waals surface area contributed by atoms with Gasteiger partial charge in [-0.2, -0.15) is 0 Å². The van der Waals surface area contributed by atoms with Gasteiger partial charge in [0.15, 0.2) is 0 Å². The molecule has 0 aromatic carbocycles. The Balaban J connectivity index is 2.76. The van der Waals surface area contributed by atoms with E-state index in [-0.39, 0.29) is 6.42 Å².